The van der Waals surface area contributed by atoms with Crippen molar-refractivity contribution in [3.05, 3.63) is 0 Å². The first kappa shape index (κ1) is 6.95. The molecule has 2 rings (SSSR count). The maximum atomic E-state index is 4.56. The lowest BCUT2D eigenvalue weighted by Gasteiger charge is -2.30. The third-order valence-corrected chi connectivity index (χ3v) is 3.24. The number of piperidine rings is 1. The van der Waals surface area contributed by atoms with Gasteiger partial charge in [-0.3, -0.25) is 0 Å². The van der Waals surface area contributed by atoms with E-state index in [2.05, 4.69) is 23.3 Å². The predicted octanol–water partition coefficient (Wildman–Crippen LogP) is -0.134. The second kappa shape index (κ2) is 2.72. The second-order valence-electron chi connectivity index (χ2n) is 3.24. The van der Waals surface area contributed by atoms with Gasteiger partial charge in [0.25, 0.3) is 0 Å². The highest BCUT2D eigenvalue weighted by atomic mass is 32.1. The van der Waals surface area contributed by atoms with Gasteiger partial charge in [0, 0.05) is 24.4 Å². The summed E-state index contributed by atoms with van der Waals surface area (Å²) in [5.41, 5.74) is 0. The fraction of sp³-hybridized carbons (Fsp3) is 1.00. The lowest BCUT2D eigenvalue weighted by molar-refractivity contribution is 0.351. The molecule has 2 fully saturated rings. The third-order valence-electron chi connectivity index (χ3n) is 2.60. The van der Waals surface area contributed by atoms with Gasteiger partial charge in [-0.2, -0.15) is 12.6 Å². The summed E-state index contributed by atoms with van der Waals surface area (Å²) in [5, 5.41) is 7.51. The normalized spacial score (nSPS) is 47.1. The minimum Gasteiger partial charge on any atom is -0.315 e. The van der Waals surface area contributed by atoms with Crippen molar-refractivity contribution in [1.29, 1.82) is 0 Å². The van der Waals surface area contributed by atoms with Crippen molar-refractivity contribution in [3.63, 3.8) is 0 Å². The minimum atomic E-state index is 0.626. The van der Waals surface area contributed by atoms with E-state index in [1.807, 2.05) is 0 Å². The van der Waals surface area contributed by atoms with E-state index < -0.39 is 0 Å². The third kappa shape index (κ3) is 1.06. The zero-order valence-corrected chi connectivity index (χ0v) is 6.90. The molecule has 3 unspecified atom stereocenters. The van der Waals surface area contributed by atoms with Gasteiger partial charge in [0.05, 0.1) is 0 Å². The Labute approximate surface area is 67.2 Å². The fourth-order valence-electron chi connectivity index (χ4n) is 1.96. The molecule has 0 bridgehead atoms. The molecule has 0 aromatic rings. The van der Waals surface area contributed by atoms with Gasteiger partial charge < -0.3 is 10.6 Å². The number of hydrogen-bond acceptors (Lipinski definition) is 3. The molecule has 0 spiro atoms. The monoisotopic (exact) mass is 158 g/mol. The standard InChI is InChI=1S/C7H14N2S/c10-7-1-2-9-6-4-8-3-5(6)7/h5-10H,1-4H2. The van der Waals surface area contributed by atoms with Crippen LogP contribution in [-0.4, -0.2) is 30.9 Å². The van der Waals surface area contributed by atoms with Crippen molar-refractivity contribution >= 4 is 12.6 Å². The molecule has 2 nitrogen and oxygen atoms in total. The van der Waals surface area contributed by atoms with E-state index in [0.29, 0.717) is 11.3 Å². The Kier molecular flexibility index (Phi) is 1.89. The van der Waals surface area contributed by atoms with E-state index in [-0.39, 0.29) is 0 Å². The molecular weight excluding hydrogens is 144 g/mol. The minimum absolute atomic E-state index is 0.626. The van der Waals surface area contributed by atoms with Crippen molar-refractivity contribution in [2.24, 2.45) is 5.92 Å². The van der Waals surface area contributed by atoms with Crippen LogP contribution in [0.2, 0.25) is 0 Å². The Morgan fingerprint density at radius 2 is 2.20 bits per heavy atom. The molecule has 0 aromatic heterocycles. The molecular formula is C7H14N2S. The van der Waals surface area contributed by atoms with E-state index in [1.54, 1.807) is 0 Å². The van der Waals surface area contributed by atoms with E-state index in [1.165, 1.54) is 6.42 Å². The summed E-state index contributed by atoms with van der Waals surface area (Å²) in [6, 6.07) is 0.705. The molecule has 3 heteroatoms. The van der Waals surface area contributed by atoms with Gasteiger partial charge in [-0.05, 0) is 18.9 Å². The SMILES string of the molecule is SC1CCNC2CNCC12. The summed E-state index contributed by atoms with van der Waals surface area (Å²) in [5.74, 6) is 0.775. The molecule has 2 saturated heterocycles. The average Bonchev–Trinajstić information content (AvgIpc) is 2.36. The van der Waals surface area contributed by atoms with Crippen LogP contribution in [0.25, 0.3) is 0 Å². The molecule has 0 saturated carbocycles. The van der Waals surface area contributed by atoms with Gasteiger partial charge in [0.15, 0.2) is 0 Å². The van der Waals surface area contributed by atoms with E-state index in [0.717, 1.165) is 25.6 Å². The molecule has 2 aliphatic heterocycles. The fourth-order valence-corrected chi connectivity index (χ4v) is 2.40. The van der Waals surface area contributed by atoms with Crippen molar-refractivity contribution in [2.75, 3.05) is 19.6 Å². The van der Waals surface area contributed by atoms with Crippen molar-refractivity contribution < 1.29 is 0 Å². The Hall–Kier alpha value is 0.270. The number of fused-ring (bicyclic) bond motifs is 1. The van der Waals surface area contributed by atoms with E-state index in [4.69, 9.17) is 0 Å². The van der Waals surface area contributed by atoms with Crippen LogP contribution in [0.5, 0.6) is 0 Å². The number of hydrogen-bond donors (Lipinski definition) is 3. The molecule has 2 N–H and O–H groups in total. The lowest BCUT2D eigenvalue weighted by atomic mass is 9.93. The van der Waals surface area contributed by atoms with Crippen molar-refractivity contribution in [1.82, 2.24) is 10.6 Å². The van der Waals surface area contributed by atoms with Gasteiger partial charge in [-0.1, -0.05) is 0 Å². The first-order chi connectivity index (χ1) is 4.88. The van der Waals surface area contributed by atoms with Crippen LogP contribution in [0.3, 0.4) is 0 Å². The summed E-state index contributed by atoms with van der Waals surface area (Å²) in [7, 11) is 0. The molecule has 2 heterocycles. The van der Waals surface area contributed by atoms with Gasteiger partial charge in [0.2, 0.25) is 0 Å². The summed E-state index contributed by atoms with van der Waals surface area (Å²) >= 11 is 4.56. The quantitative estimate of drug-likeness (QED) is 0.428. The maximum absolute atomic E-state index is 4.56. The Balaban J connectivity index is 2.03. The molecule has 3 atom stereocenters. The van der Waals surface area contributed by atoms with Crippen molar-refractivity contribution in [3.8, 4) is 0 Å². The first-order valence-electron chi connectivity index (χ1n) is 4.00. The highest BCUT2D eigenvalue weighted by Gasteiger charge is 2.34. The first-order valence-corrected chi connectivity index (χ1v) is 4.52. The number of nitrogens with one attached hydrogen (secondary N) is 2. The Morgan fingerprint density at radius 1 is 1.30 bits per heavy atom. The molecule has 58 valence electrons. The highest BCUT2D eigenvalue weighted by Crippen LogP contribution is 2.24. The predicted molar refractivity (Wildman–Crippen MR) is 45.5 cm³/mol. The molecule has 0 amide bonds. The van der Waals surface area contributed by atoms with Gasteiger partial charge in [0.1, 0.15) is 0 Å². The summed E-state index contributed by atoms with van der Waals surface area (Å²) < 4.78 is 0. The summed E-state index contributed by atoms with van der Waals surface area (Å²) in [6.45, 7) is 3.45. The lowest BCUT2D eigenvalue weighted by Crippen LogP contribution is -2.45. The van der Waals surface area contributed by atoms with Crippen LogP contribution >= 0.6 is 12.6 Å². The highest BCUT2D eigenvalue weighted by molar-refractivity contribution is 7.81. The number of rotatable bonds is 0. The zero-order chi connectivity index (χ0) is 6.97. The van der Waals surface area contributed by atoms with Crippen LogP contribution in [0.15, 0.2) is 0 Å². The summed E-state index contributed by atoms with van der Waals surface area (Å²) in [4.78, 5) is 0. The van der Waals surface area contributed by atoms with Crippen LogP contribution in [0, 0.1) is 5.92 Å². The van der Waals surface area contributed by atoms with E-state index in [9.17, 15) is 0 Å². The maximum Gasteiger partial charge on any atom is 0.0243 e. The van der Waals surface area contributed by atoms with Gasteiger partial charge in [-0.15, -0.1) is 0 Å². The zero-order valence-electron chi connectivity index (χ0n) is 6.01. The summed E-state index contributed by atoms with van der Waals surface area (Å²) in [6.07, 6.45) is 1.23. The topological polar surface area (TPSA) is 24.1 Å². The Bertz CT molecular complexity index is 129. The van der Waals surface area contributed by atoms with Crippen molar-refractivity contribution in [2.45, 2.75) is 17.7 Å². The molecule has 2 aliphatic rings. The molecule has 0 radical (unpaired) electrons. The number of thiol groups is 1. The Morgan fingerprint density at radius 3 is 3.00 bits per heavy atom. The smallest absolute Gasteiger partial charge is 0.0243 e. The average molecular weight is 158 g/mol. The van der Waals surface area contributed by atoms with Gasteiger partial charge >= 0.3 is 0 Å². The molecule has 0 aromatic carbocycles. The van der Waals surface area contributed by atoms with Crippen LogP contribution in [-0.2, 0) is 0 Å². The second-order valence-corrected chi connectivity index (χ2v) is 3.90. The molecule has 0 aliphatic carbocycles. The molecule has 10 heavy (non-hydrogen) atoms. The largest absolute Gasteiger partial charge is 0.315 e. The van der Waals surface area contributed by atoms with Crippen LogP contribution in [0.1, 0.15) is 6.42 Å². The van der Waals surface area contributed by atoms with Crippen LogP contribution in [0.4, 0.5) is 0 Å². The van der Waals surface area contributed by atoms with Crippen LogP contribution < -0.4 is 10.6 Å². The van der Waals surface area contributed by atoms with Gasteiger partial charge in [-0.25, -0.2) is 0 Å². The van der Waals surface area contributed by atoms with E-state index >= 15 is 0 Å².